The summed E-state index contributed by atoms with van der Waals surface area (Å²) < 4.78 is 1.31. The molecule has 0 aromatic carbocycles. The molecule has 2 aromatic heterocycles. The SMILES string of the molecule is Cc1nn(C)c(C(=O)N2CCC3(CCN(C(=O)/C=C/c4ccsc4)CC3)C2)c1[N+](=O)[O-]. The average Bonchev–Trinajstić information content (AvgIpc) is 3.46. The highest BCUT2D eigenvalue weighted by Gasteiger charge is 2.44. The Labute approximate surface area is 184 Å². The van der Waals surface area contributed by atoms with Gasteiger partial charge in [0.05, 0.1) is 4.92 Å². The number of aromatic nitrogens is 2. The summed E-state index contributed by atoms with van der Waals surface area (Å²) in [5, 5.41) is 19.5. The van der Waals surface area contributed by atoms with Gasteiger partial charge in [0.1, 0.15) is 5.69 Å². The average molecular weight is 444 g/mol. The monoisotopic (exact) mass is 443 g/mol. The molecule has 1 spiro atoms. The number of piperidine rings is 1. The normalized spacial score (nSPS) is 18.3. The molecule has 2 aliphatic heterocycles. The number of aryl methyl sites for hydroxylation is 2. The third-order valence-corrected chi connectivity index (χ3v) is 7.10. The number of nitrogens with zero attached hydrogens (tertiary/aromatic N) is 5. The van der Waals surface area contributed by atoms with E-state index < -0.39 is 4.92 Å². The molecule has 0 bridgehead atoms. The highest BCUT2D eigenvalue weighted by atomic mass is 32.1. The van der Waals surface area contributed by atoms with E-state index in [0.717, 1.165) is 24.8 Å². The van der Waals surface area contributed by atoms with Gasteiger partial charge in [0.15, 0.2) is 0 Å². The predicted octanol–water partition coefficient (Wildman–Crippen LogP) is 2.87. The van der Waals surface area contributed by atoms with Gasteiger partial charge >= 0.3 is 5.69 Å². The number of carbonyl (C=O) groups is 2. The molecular formula is C21H25N5O4S. The second-order valence-electron chi connectivity index (χ2n) is 8.36. The smallest absolute Gasteiger partial charge is 0.322 e. The van der Waals surface area contributed by atoms with Crippen LogP contribution in [0.5, 0.6) is 0 Å². The number of carbonyl (C=O) groups excluding carboxylic acids is 2. The first-order valence-electron chi connectivity index (χ1n) is 10.3. The van der Waals surface area contributed by atoms with Crippen molar-refractivity contribution in [1.82, 2.24) is 19.6 Å². The van der Waals surface area contributed by atoms with Gasteiger partial charge in [0.25, 0.3) is 5.91 Å². The molecule has 9 nitrogen and oxygen atoms in total. The van der Waals surface area contributed by atoms with Crippen molar-refractivity contribution in [3.8, 4) is 0 Å². The Morgan fingerprint density at radius 2 is 1.90 bits per heavy atom. The molecule has 0 N–H and O–H groups in total. The number of nitro groups is 1. The Bertz CT molecular complexity index is 1030. The summed E-state index contributed by atoms with van der Waals surface area (Å²) in [6, 6.07) is 1.97. The summed E-state index contributed by atoms with van der Waals surface area (Å²) in [6.45, 7) is 3.96. The minimum atomic E-state index is -0.533. The van der Waals surface area contributed by atoms with Crippen LogP contribution in [0, 0.1) is 22.5 Å². The van der Waals surface area contributed by atoms with Crippen LogP contribution in [0.15, 0.2) is 22.9 Å². The quantitative estimate of drug-likeness (QED) is 0.411. The maximum atomic E-state index is 13.1. The number of amides is 2. The van der Waals surface area contributed by atoms with Gasteiger partial charge in [-0.2, -0.15) is 16.4 Å². The molecule has 0 unspecified atom stereocenters. The summed E-state index contributed by atoms with van der Waals surface area (Å²) in [5.74, 6) is -0.336. The Morgan fingerprint density at radius 1 is 1.23 bits per heavy atom. The molecule has 4 rings (SSSR count). The molecule has 2 fully saturated rings. The van der Waals surface area contributed by atoms with Crippen molar-refractivity contribution >= 4 is 34.9 Å². The van der Waals surface area contributed by atoms with Crippen LogP contribution in [0.25, 0.3) is 6.08 Å². The Kier molecular flexibility index (Phi) is 5.65. The van der Waals surface area contributed by atoms with E-state index in [4.69, 9.17) is 0 Å². The second kappa shape index (κ2) is 8.26. The fraction of sp³-hybridized carbons (Fsp3) is 0.476. The van der Waals surface area contributed by atoms with Gasteiger partial charge in [-0.15, -0.1) is 0 Å². The molecule has 0 atom stereocenters. The van der Waals surface area contributed by atoms with Gasteiger partial charge in [-0.05, 0) is 60.1 Å². The van der Waals surface area contributed by atoms with Crippen LogP contribution in [0.4, 0.5) is 5.69 Å². The highest BCUT2D eigenvalue weighted by Crippen LogP contribution is 2.41. The van der Waals surface area contributed by atoms with Crippen LogP contribution in [0.1, 0.15) is 41.0 Å². The Balaban J connectivity index is 1.39. The van der Waals surface area contributed by atoms with Crippen LogP contribution < -0.4 is 0 Å². The number of rotatable bonds is 4. The summed E-state index contributed by atoms with van der Waals surface area (Å²) >= 11 is 1.59. The number of thiophene rings is 1. The zero-order valence-electron chi connectivity index (χ0n) is 17.6. The van der Waals surface area contributed by atoms with Crippen LogP contribution in [0.3, 0.4) is 0 Å². The third-order valence-electron chi connectivity index (χ3n) is 6.40. The van der Waals surface area contributed by atoms with E-state index in [2.05, 4.69) is 5.10 Å². The van der Waals surface area contributed by atoms with E-state index in [0.29, 0.717) is 26.2 Å². The van der Waals surface area contributed by atoms with Crippen molar-refractivity contribution in [2.45, 2.75) is 26.2 Å². The third kappa shape index (κ3) is 4.12. The molecule has 0 aliphatic carbocycles. The fourth-order valence-corrected chi connectivity index (χ4v) is 5.24. The molecule has 2 saturated heterocycles. The van der Waals surface area contributed by atoms with Gasteiger partial charge in [-0.3, -0.25) is 24.4 Å². The summed E-state index contributed by atoms with van der Waals surface area (Å²) in [5.41, 5.74) is 1.05. The zero-order valence-corrected chi connectivity index (χ0v) is 18.4. The number of likely N-dealkylation sites (tertiary alicyclic amines) is 2. The maximum Gasteiger partial charge on any atom is 0.322 e. The summed E-state index contributed by atoms with van der Waals surface area (Å²) in [6.07, 6.45) is 5.94. The summed E-state index contributed by atoms with van der Waals surface area (Å²) in [7, 11) is 1.56. The number of hydrogen-bond donors (Lipinski definition) is 0. The van der Waals surface area contributed by atoms with E-state index in [1.54, 1.807) is 36.3 Å². The minimum absolute atomic E-state index is 0.00737. The fourth-order valence-electron chi connectivity index (χ4n) is 4.62. The minimum Gasteiger partial charge on any atom is -0.339 e. The Hall–Kier alpha value is -3.01. The predicted molar refractivity (Wildman–Crippen MR) is 117 cm³/mol. The van der Waals surface area contributed by atoms with Gasteiger partial charge in [-0.1, -0.05) is 0 Å². The van der Waals surface area contributed by atoms with E-state index in [-0.39, 0.29) is 34.3 Å². The molecule has 2 aromatic rings. The van der Waals surface area contributed by atoms with Crippen LogP contribution >= 0.6 is 11.3 Å². The lowest BCUT2D eigenvalue weighted by Crippen LogP contribution is -2.44. The summed E-state index contributed by atoms with van der Waals surface area (Å²) in [4.78, 5) is 40.1. The topological polar surface area (TPSA) is 102 Å². The molecule has 10 heteroatoms. The molecule has 31 heavy (non-hydrogen) atoms. The molecular weight excluding hydrogens is 418 g/mol. The van der Waals surface area contributed by atoms with Crippen molar-refractivity contribution in [2.75, 3.05) is 26.2 Å². The van der Waals surface area contributed by atoms with Crippen molar-refractivity contribution in [3.63, 3.8) is 0 Å². The van der Waals surface area contributed by atoms with E-state index >= 15 is 0 Å². The first-order chi connectivity index (χ1) is 14.8. The van der Waals surface area contributed by atoms with E-state index in [1.165, 1.54) is 4.68 Å². The van der Waals surface area contributed by atoms with Crippen molar-refractivity contribution in [2.24, 2.45) is 12.5 Å². The molecule has 0 radical (unpaired) electrons. The van der Waals surface area contributed by atoms with Crippen LogP contribution in [-0.2, 0) is 11.8 Å². The van der Waals surface area contributed by atoms with Crippen LogP contribution in [-0.4, -0.2) is 62.5 Å². The largest absolute Gasteiger partial charge is 0.339 e. The first kappa shape index (κ1) is 21.2. The van der Waals surface area contributed by atoms with Crippen LogP contribution in [0.2, 0.25) is 0 Å². The molecule has 0 saturated carbocycles. The Morgan fingerprint density at radius 3 is 2.52 bits per heavy atom. The molecule has 164 valence electrons. The lowest BCUT2D eigenvalue weighted by atomic mass is 9.78. The molecule has 2 aliphatic rings. The van der Waals surface area contributed by atoms with Crippen molar-refractivity contribution in [1.29, 1.82) is 0 Å². The van der Waals surface area contributed by atoms with E-state index in [1.807, 2.05) is 27.8 Å². The standard InChI is InChI=1S/C21H25N5O4S/c1-15-18(26(29)30)19(23(2)22-15)20(28)25-11-8-21(14-25)6-9-24(10-7-21)17(27)4-3-16-5-12-31-13-16/h3-5,12-13H,6-11,14H2,1-2H3/b4-3+. The lowest BCUT2D eigenvalue weighted by molar-refractivity contribution is -0.385. The van der Waals surface area contributed by atoms with E-state index in [9.17, 15) is 19.7 Å². The molecule has 2 amide bonds. The zero-order chi connectivity index (χ0) is 22.2. The highest BCUT2D eigenvalue weighted by molar-refractivity contribution is 7.08. The van der Waals surface area contributed by atoms with Crippen molar-refractivity contribution < 1.29 is 14.5 Å². The number of hydrogen-bond acceptors (Lipinski definition) is 6. The van der Waals surface area contributed by atoms with Gasteiger partial charge in [0, 0.05) is 39.3 Å². The van der Waals surface area contributed by atoms with Gasteiger partial charge in [0.2, 0.25) is 11.6 Å². The first-order valence-corrected chi connectivity index (χ1v) is 11.2. The maximum absolute atomic E-state index is 13.1. The molecule has 4 heterocycles. The lowest BCUT2D eigenvalue weighted by Gasteiger charge is -2.38. The van der Waals surface area contributed by atoms with Gasteiger partial charge in [-0.25, -0.2) is 0 Å². The van der Waals surface area contributed by atoms with Crippen molar-refractivity contribution in [3.05, 3.63) is 50.0 Å². The van der Waals surface area contributed by atoms with Gasteiger partial charge < -0.3 is 9.80 Å². The second-order valence-corrected chi connectivity index (χ2v) is 9.14.